The van der Waals surface area contributed by atoms with Crippen molar-refractivity contribution in [2.75, 3.05) is 0 Å². The zero-order valence-electron chi connectivity index (χ0n) is 6.08. The molecule has 2 rings (SSSR count). The highest BCUT2D eigenvalue weighted by Crippen LogP contribution is 2.18. The number of fused-ring (bicyclic) bond motifs is 1. The van der Waals surface area contributed by atoms with Gasteiger partial charge in [0.2, 0.25) is 0 Å². The van der Waals surface area contributed by atoms with Gasteiger partial charge in [-0.05, 0) is 6.07 Å². The average Bonchev–Trinajstić information content (AvgIpc) is 2.50. The topological polar surface area (TPSA) is 39.2 Å². The first kappa shape index (κ1) is 6.43. The molecule has 0 bridgehead atoms. The van der Waals surface area contributed by atoms with Crippen LogP contribution in [0, 0.1) is 0 Å². The summed E-state index contributed by atoms with van der Waals surface area (Å²) in [5.74, 6) is 0. The molecule has 0 unspecified atom stereocenters. The van der Waals surface area contributed by atoms with Gasteiger partial charge in [0.1, 0.15) is 5.58 Å². The van der Waals surface area contributed by atoms with Crippen molar-refractivity contribution >= 4 is 11.0 Å². The number of hydrogen-bond donors (Lipinski definition) is 1. The van der Waals surface area contributed by atoms with E-state index in [9.17, 15) is 0 Å². The Morgan fingerprint density at radius 3 is 3.00 bits per heavy atom. The van der Waals surface area contributed by atoms with Gasteiger partial charge < -0.3 is 10.2 Å². The molecule has 0 saturated carbocycles. The van der Waals surface area contributed by atoms with Crippen LogP contribution < -0.4 is 5.73 Å². The van der Waals surface area contributed by atoms with Crippen molar-refractivity contribution in [3.05, 3.63) is 36.1 Å². The smallest absolute Gasteiger partial charge is 0.138 e. The first-order valence-electron chi connectivity index (χ1n) is 3.57. The molecule has 56 valence electrons. The van der Waals surface area contributed by atoms with Crippen LogP contribution in [-0.4, -0.2) is 0 Å². The Morgan fingerprint density at radius 2 is 2.18 bits per heavy atom. The van der Waals surface area contributed by atoms with Crippen LogP contribution in [0.4, 0.5) is 0 Å². The molecule has 1 heterocycles. The SMILES string of the molecule is NCc1cccc2ccoc12. The quantitative estimate of drug-likeness (QED) is 0.669. The van der Waals surface area contributed by atoms with Crippen LogP contribution in [0.15, 0.2) is 34.9 Å². The predicted molar refractivity (Wildman–Crippen MR) is 44.1 cm³/mol. The zero-order chi connectivity index (χ0) is 7.68. The number of para-hydroxylation sites is 1. The van der Waals surface area contributed by atoms with Gasteiger partial charge >= 0.3 is 0 Å². The Labute approximate surface area is 64.6 Å². The highest BCUT2D eigenvalue weighted by molar-refractivity contribution is 5.80. The summed E-state index contributed by atoms with van der Waals surface area (Å²) in [5, 5.41) is 1.12. The molecule has 11 heavy (non-hydrogen) atoms. The fraction of sp³-hybridized carbons (Fsp3) is 0.111. The minimum atomic E-state index is 0.533. The standard InChI is InChI=1S/C9H9NO/c10-6-8-3-1-2-7-4-5-11-9(7)8/h1-5H,6,10H2. The molecule has 0 saturated heterocycles. The molecule has 2 heteroatoms. The van der Waals surface area contributed by atoms with E-state index < -0.39 is 0 Å². The van der Waals surface area contributed by atoms with Gasteiger partial charge in [-0.1, -0.05) is 18.2 Å². The van der Waals surface area contributed by atoms with E-state index in [1.54, 1.807) is 6.26 Å². The predicted octanol–water partition coefficient (Wildman–Crippen LogP) is 1.89. The molecule has 1 aromatic heterocycles. The molecule has 0 aliphatic rings. The molecule has 2 nitrogen and oxygen atoms in total. The van der Waals surface area contributed by atoms with Gasteiger partial charge in [0.25, 0.3) is 0 Å². The third-order valence-corrected chi connectivity index (χ3v) is 1.78. The van der Waals surface area contributed by atoms with Crippen molar-refractivity contribution in [3.8, 4) is 0 Å². The number of rotatable bonds is 1. The van der Waals surface area contributed by atoms with Gasteiger partial charge in [-0.3, -0.25) is 0 Å². The van der Waals surface area contributed by atoms with Crippen molar-refractivity contribution < 1.29 is 4.42 Å². The van der Waals surface area contributed by atoms with Gasteiger partial charge in [0.15, 0.2) is 0 Å². The van der Waals surface area contributed by atoms with E-state index in [2.05, 4.69) is 0 Å². The van der Waals surface area contributed by atoms with E-state index >= 15 is 0 Å². The van der Waals surface area contributed by atoms with Crippen molar-refractivity contribution in [2.24, 2.45) is 5.73 Å². The second kappa shape index (κ2) is 2.40. The van der Waals surface area contributed by atoms with Crippen molar-refractivity contribution in [1.29, 1.82) is 0 Å². The molecular weight excluding hydrogens is 138 g/mol. The van der Waals surface area contributed by atoms with Gasteiger partial charge in [0, 0.05) is 17.5 Å². The Bertz CT molecular complexity index is 364. The van der Waals surface area contributed by atoms with Crippen LogP contribution in [0.2, 0.25) is 0 Å². The van der Waals surface area contributed by atoms with Crippen LogP contribution in [0.1, 0.15) is 5.56 Å². The average molecular weight is 147 g/mol. The Hall–Kier alpha value is -1.28. The van der Waals surface area contributed by atoms with Gasteiger partial charge in [-0.25, -0.2) is 0 Å². The molecule has 0 spiro atoms. The molecule has 0 aliphatic heterocycles. The Morgan fingerprint density at radius 1 is 1.27 bits per heavy atom. The van der Waals surface area contributed by atoms with E-state index in [1.807, 2.05) is 24.3 Å². The first-order chi connectivity index (χ1) is 5.42. The van der Waals surface area contributed by atoms with E-state index in [-0.39, 0.29) is 0 Å². The summed E-state index contributed by atoms with van der Waals surface area (Å²) < 4.78 is 5.26. The van der Waals surface area contributed by atoms with Crippen LogP contribution in [0.25, 0.3) is 11.0 Å². The lowest BCUT2D eigenvalue weighted by atomic mass is 10.1. The van der Waals surface area contributed by atoms with Crippen molar-refractivity contribution in [3.63, 3.8) is 0 Å². The summed E-state index contributed by atoms with van der Waals surface area (Å²) in [4.78, 5) is 0. The van der Waals surface area contributed by atoms with Crippen molar-refractivity contribution in [1.82, 2.24) is 0 Å². The molecule has 2 N–H and O–H groups in total. The van der Waals surface area contributed by atoms with E-state index in [1.165, 1.54) is 0 Å². The van der Waals surface area contributed by atoms with Crippen LogP contribution in [0.5, 0.6) is 0 Å². The fourth-order valence-electron chi connectivity index (χ4n) is 1.22. The third kappa shape index (κ3) is 0.917. The maximum Gasteiger partial charge on any atom is 0.138 e. The summed E-state index contributed by atoms with van der Waals surface area (Å²) >= 11 is 0. The Balaban J connectivity index is 2.79. The first-order valence-corrected chi connectivity index (χ1v) is 3.57. The van der Waals surface area contributed by atoms with Crippen molar-refractivity contribution in [2.45, 2.75) is 6.54 Å². The van der Waals surface area contributed by atoms with Crippen LogP contribution >= 0.6 is 0 Å². The minimum absolute atomic E-state index is 0.533. The zero-order valence-corrected chi connectivity index (χ0v) is 6.08. The summed E-state index contributed by atoms with van der Waals surface area (Å²) in [7, 11) is 0. The van der Waals surface area contributed by atoms with E-state index in [0.29, 0.717) is 6.54 Å². The molecule has 0 atom stereocenters. The van der Waals surface area contributed by atoms with E-state index in [0.717, 1.165) is 16.5 Å². The highest BCUT2D eigenvalue weighted by Gasteiger charge is 1.99. The lowest BCUT2D eigenvalue weighted by molar-refractivity contribution is 0.611. The normalized spacial score (nSPS) is 10.6. The maximum atomic E-state index is 5.52. The maximum absolute atomic E-state index is 5.52. The molecule has 0 aliphatic carbocycles. The van der Waals surface area contributed by atoms with Crippen LogP contribution in [0.3, 0.4) is 0 Å². The largest absolute Gasteiger partial charge is 0.464 e. The molecule has 0 radical (unpaired) electrons. The molecular formula is C9H9NO. The second-order valence-electron chi connectivity index (χ2n) is 2.46. The summed E-state index contributed by atoms with van der Waals surface area (Å²) in [6.07, 6.45) is 1.68. The minimum Gasteiger partial charge on any atom is -0.464 e. The number of furan rings is 1. The van der Waals surface area contributed by atoms with Crippen LogP contribution in [-0.2, 0) is 6.54 Å². The monoisotopic (exact) mass is 147 g/mol. The summed E-state index contributed by atoms with van der Waals surface area (Å²) in [6.45, 7) is 0.533. The summed E-state index contributed by atoms with van der Waals surface area (Å²) in [6, 6.07) is 7.92. The Kier molecular flexibility index (Phi) is 1.40. The summed E-state index contributed by atoms with van der Waals surface area (Å²) in [5.41, 5.74) is 7.49. The van der Waals surface area contributed by atoms with Gasteiger partial charge in [-0.15, -0.1) is 0 Å². The number of nitrogens with two attached hydrogens (primary N) is 1. The lowest BCUT2D eigenvalue weighted by Crippen LogP contribution is -1.95. The molecule has 2 aromatic rings. The molecule has 1 aromatic carbocycles. The third-order valence-electron chi connectivity index (χ3n) is 1.78. The number of hydrogen-bond acceptors (Lipinski definition) is 2. The number of benzene rings is 1. The van der Waals surface area contributed by atoms with E-state index in [4.69, 9.17) is 10.2 Å². The molecule has 0 fully saturated rings. The van der Waals surface area contributed by atoms with Gasteiger partial charge in [-0.2, -0.15) is 0 Å². The molecule has 0 amide bonds. The fourth-order valence-corrected chi connectivity index (χ4v) is 1.22. The lowest BCUT2D eigenvalue weighted by Gasteiger charge is -1.95. The highest BCUT2D eigenvalue weighted by atomic mass is 16.3. The second-order valence-corrected chi connectivity index (χ2v) is 2.46. The van der Waals surface area contributed by atoms with Gasteiger partial charge in [0.05, 0.1) is 6.26 Å².